The molecule has 1 unspecified atom stereocenters. The maximum Gasteiger partial charge on any atom is 0.119 e. The van der Waals surface area contributed by atoms with Crippen LogP contribution in [-0.4, -0.2) is 19.7 Å². The molecule has 0 radical (unpaired) electrons. The van der Waals surface area contributed by atoms with Gasteiger partial charge in [-0.3, -0.25) is 0 Å². The van der Waals surface area contributed by atoms with Gasteiger partial charge in [0.1, 0.15) is 5.75 Å². The Balaban J connectivity index is 2.00. The lowest BCUT2D eigenvalue weighted by Gasteiger charge is -2.31. The molecular formula is C17H27NO. The second-order valence-electron chi connectivity index (χ2n) is 6.80. The van der Waals surface area contributed by atoms with Gasteiger partial charge >= 0.3 is 0 Å². The smallest absolute Gasteiger partial charge is 0.119 e. The molecule has 1 saturated carbocycles. The summed E-state index contributed by atoms with van der Waals surface area (Å²) in [7, 11) is 1.73. The number of hydrogen-bond donors (Lipinski definition) is 1. The van der Waals surface area contributed by atoms with Crippen LogP contribution in [0.25, 0.3) is 0 Å². The zero-order chi connectivity index (χ0) is 13.9. The molecule has 1 fully saturated rings. The molecular weight excluding hydrogens is 234 g/mol. The summed E-state index contributed by atoms with van der Waals surface area (Å²) in [5, 5.41) is 3.68. The Hall–Kier alpha value is -1.02. The molecule has 2 rings (SSSR count). The van der Waals surface area contributed by atoms with Crippen LogP contribution < -0.4 is 10.1 Å². The molecule has 19 heavy (non-hydrogen) atoms. The van der Waals surface area contributed by atoms with E-state index in [1.54, 1.807) is 7.11 Å². The van der Waals surface area contributed by atoms with Gasteiger partial charge in [0, 0.05) is 6.04 Å². The molecule has 1 aliphatic rings. The molecule has 1 atom stereocenters. The van der Waals surface area contributed by atoms with Crippen LogP contribution in [0.5, 0.6) is 5.75 Å². The predicted molar refractivity (Wildman–Crippen MR) is 80.7 cm³/mol. The lowest BCUT2D eigenvalue weighted by Crippen LogP contribution is -2.34. The fraction of sp³-hybridized carbons (Fsp3) is 0.647. The molecule has 0 saturated heterocycles. The van der Waals surface area contributed by atoms with E-state index < -0.39 is 0 Å². The molecule has 106 valence electrons. The number of rotatable bonds is 6. The molecule has 2 heteroatoms. The maximum absolute atomic E-state index is 5.31. The fourth-order valence-electron chi connectivity index (χ4n) is 2.36. The maximum atomic E-state index is 5.31. The molecule has 0 amide bonds. The summed E-state index contributed by atoms with van der Waals surface area (Å²) >= 11 is 0. The Bertz CT molecular complexity index is 404. The fourth-order valence-corrected chi connectivity index (χ4v) is 2.36. The van der Waals surface area contributed by atoms with Gasteiger partial charge in [0.2, 0.25) is 0 Å². The van der Waals surface area contributed by atoms with Gasteiger partial charge in [-0.05, 0) is 54.8 Å². The van der Waals surface area contributed by atoms with Crippen LogP contribution in [0.15, 0.2) is 24.3 Å². The van der Waals surface area contributed by atoms with Crippen molar-refractivity contribution in [2.24, 2.45) is 11.3 Å². The van der Waals surface area contributed by atoms with Crippen molar-refractivity contribution in [2.75, 3.05) is 13.7 Å². The third-order valence-electron chi connectivity index (χ3n) is 4.07. The highest BCUT2D eigenvalue weighted by atomic mass is 16.5. The normalized spacial score (nSPS) is 17.3. The van der Waals surface area contributed by atoms with Crippen LogP contribution >= 0.6 is 0 Å². The summed E-state index contributed by atoms with van der Waals surface area (Å²) in [5.41, 5.74) is 1.70. The van der Waals surface area contributed by atoms with E-state index in [9.17, 15) is 0 Å². The van der Waals surface area contributed by atoms with Crippen molar-refractivity contribution in [2.45, 2.75) is 46.1 Å². The number of ether oxygens (including phenoxy) is 1. The Labute approximate surface area is 117 Å². The molecule has 1 aromatic rings. The molecule has 0 aromatic heterocycles. The number of methoxy groups -OCH3 is 1. The van der Waals surface area contributed by atoms with Crippen LogP contribution in [0.3, 0.4) is 0 Å². The van der Waals surface area contributed by atoms with E-state index in [-0.39, 0.29) is 0 Å². The first kappa shape index (κ1) is 14.4. The standard InChI is InChI=1S/C17H27NO/c1-17(2,3)14(12-18-15-8-9-15)10-13-6-5-7-16(11-13)19-4/h5-7,11,14-15,18H,8-10,12H2,1-4H3. The van der Waals surface area contributed by atoms with Crippen LogP contribution in [0.2, 0.25) is 0 Å². The Kier molecular flexibility index (Phi) is 4.51. The van der Waals surface area contributed by atoms with E-state index in [4.69, 9.17) is 4.74 Å². The van der Waals surface area contributed by atoms with Gasteiger partial charge in [-0.1, -0.05) is 32.9 Å². The van der Waals surface area contributed by atoms with E-state index in [2.05, 4.69) is 44.3 Å². The van der Waals surface area contributed by atoms with Crippen LogP contribution in [-0.2, 0) is 6.42 Å². The summed E-state index contributed by atoms with van der Waals surface area (Å²) in [6.45, 7) is 8.14. The molecule has 1 N–H and O–H groups in total. The lowest BCUT2D eigenvalue weighted by atomic mass is 9.77. The van der Waals surface area contributed by atoms with E-state index in [0.29, 0.717) is 11.3 Å². The van der Waals surface area contributed by atoms with Crippen molar-refractivity contribution in [1.82, 2.24) is 5.32 Å². The minimum Gasteiger partial charge on any atom is -0.497 e. The summed E-state index contributed by atoms with van der Waals surface area (Å²) < 4.78 is 5.31. The van der Waals surface area contributed by atoms with Crippen molar-refractivity contribution in [3.8, 4) is 5.75 Å². The highest BCUT2D eigenvalue weighted by molar-refractivity contribution is 5.28. The van der Waals surface area contributed by atoms with E-state index in [1.807, 2.05) is 6.07 Å². The van der Waals surface area contributed by atoms with Crippen LogP contribution in [0.1, 0.15) is 39.2 Å². The predicted octanol–water partition coefficient (Wildman–Crippen LogP) is 3.65. The molecule has 2 nitrogen and oxygen atoms in total. The average Bonchev–Trinajstić information content (AvgIpc) is 3.17. The van der Waals surface area contributed by atoms with E-state index in [1.165, 1.54) is 18.4 Å². The Morgan fingerprint density at radius 2 is 2.05 bits per heavy atom. The quantitative estimate of drug-likeness (QED) is 0.844. The van der Waals surface area contributed by atoms with Gasteiger partial charge in [0.05, 0.1) is 7.11 Å². The second-order valence-corrected chi connectivity index (χ2v) is 6.80. The minimum absolute atomic E-state index is 0.324. The van der Waals surface area contributed by atoms with Crippen molar-refractivity contribution in [3.63, 3.8) is 0 Å². The number of hydrogen-bond acceptors (Lipinski definition) is 2. The van der Waals surface area contributed by atoms with E-state index >= 15 is 0 Å². The summed E-state index contributed by atoms with van der Waals surface area (Å²) in [4.78, 5) is 0. The minimum atomic E-state index is 0.324. The van der Waals surface area contributed by atoms with E-state index in [0.717, 1.165) is 24.8 Å². The van der Waals surface area contributed by atoms with Crippen LogP contribution in [0.4, 0.5) is 0 Å². The largest absolute Gasteiger partial charge is 0.497 e. The first-order valence-electron chi connectivity index (χ1n) is 7.35. The van der Waals surface area contributed by atoms with Gasteiger partial charge in [-0.2, -0.15) is 0 Å². The lowest BCUT2D eigenvalue weighted by molar-refractivity contribution is 0.230. The number of nitrogens with one attached hydrogen (secondary N) is 1. The first-order valence-corrected chi connectivity index (χ1v) is 7.35. The average molecular weight is 261 g/mol. The molecule has 0 aliphatic heterocycles. The van der Waals surface area contributed by atoms with Gasteiger partial charge in [0.15, 0.2) is 0 Å². The molecule has 0 bridgehead atoms. The topological polar surface area (TPSA) is 21.3 Å². The number of benzene rings is 1. The second kappa shape index (κ2) is 5.96. The summed E-state index contributed by atoms with van der Waals surface area (Å²) in [6.07, 6.45) is 3.83. The zero-order valence-electron chi connectivity index (χ0n) is 12.7. The van der Waals surface area contributed by atoms with Crippen LogP contribution in [0, 0.1) is 11.3 Å². The highest BCUT2D eigenvalue weighted by Crippen LogP contribution is 2.30. The summed E-state index contributed by atoms with van der Waals surface area (Å²) in [5.74, 6) is 1.61. The third-order valence-corrected chi connectivity index (χ3v) is 4.07. The third kappa shape index (κ3) is 4.54. The monoisotopic (exact) mass is 261 g/mol. The van der Waals surface area contributed by atoms with Crippen molar-refractivity contribution in [1.29, 1.82) is 0 Å². The molecule has 1 aliphatic carbocycles. The van der Waals surface area contributed by atoms with Crippen molar-refractivity contribution in [3.05, 3.63) is 29.8 Å². The molecule has 0 spiro atoms. The molecule has 1 aromatic carbocycles. The Morgan fingerprint density at radius 1 is 1.32 bits per heavy atom. The zero-order valence-corrected chi connectivity index (χ0v) is 12.7. The van der Waals surface area contributed by atoms with Gasteiger partial charge in [0.25, 0.3) is 0 Å². The molecule has 0 heterocycles. The van der Waals surface area contributed by atoms with Gasteiger partial charge < -0.3 is 10.1 Å². The van der Waals surface area contributed by atoms with Gasteiger partial charge in [-0.25, -0.2) is 0 Å². The van der Waals surface area contributed by atoms with Crippen molar-refractivity contribution < 1.29 is 4.74 Å². The van der Waals surface area contributed by atoms with Gasteiger partial charge in [-0.15, -0.1) is 0 Å². The first-order chi connectivity index (χ1) is 8.99. The highest BCUT2D eigenvalue weighted by Gasteiger charge is 2.28. The SMILES string of the molecule is COc1cccc(CC(CNC2CC2)C(C)(C)C)c1. The summed E-state index contributed by atoms with van der Waals surface area (Å²) in [6, 6.07) is 9.25. The Morgan fingerprint density at radius 3 is 2.63 bits per heavy atom. The van der Waals surface area contributed by atoms with Crippen molar-refractivity contribution >= 4 is 0 Å².